The van der Waals surface area contributed by atoms with E-state index in [4.69, 9.17) is 10.5 Å². The lowest BCUT2D eigenvalue weighted by atomic mass is 9.88. The van der Waals surface area contributed by atoms with Gasteiger partial charge in [-0.15, -0.1) is 0 Å². The van der Waals surface area contributed by atoms with Gasteiger partial charge in [0.2, 0.25) is 0 Å². The third-order valence-electron chi connectivity index (χ3n) is 4.35. The fourth-order valence-electron chi connectivity index (χ4n) is 3.39. The largest absolute Gasteiger partial charge is 0.381 e. The Morgan fingerprint density at radius 2 is 2.06 bits per heavy atom. The molecule has 0 amide bonds. The molecule has 0 aromatic heterocycles. The highest BCUT2D eigenvalue weighted by atomic mass is 16.5. The summed E-state index contributed by atoms with van der Waals surface area (Å²) in [5.41, 5.74) is 5.89. The van der Waals surface area contributed by atoms with Crippen molar-refractivity contribution in [2.24, 2.45) is 5.73 Å². The van der Waals surface area contributed by atoms with Gasteiger partial charge in [0.05, 0.1) is 6.10 Å². The van der Waals surface area contributed by atoms with Crippen molar-refractivity contribution >= 4 is 0 Å². The number of nitrogens with zero attached hydrogens (tertiary/aromatic N) is 1. The van der Waals surface area contributed by atoms with Crippen LogP contribution in [-0.4, -0.2) is 43.3 Å². The molecule has 0 spiro atoms. The Balaban J connectivity index is 1.93. The Hall–Kier alpha value is -0.120. The maximum Gasteiger partial charge on any atom is 0.0586 e. The number of methoxy groups -OCH3 is 1. The van der Waals surface area contributed by atoms with Crippen LogP contribution in [0.1, 0.15) is 44.9 Å². The number of hydrogen-bond donors (Lipinski definition) is 1. The first-order valence-corrected chi connectivity index (χ1v) is 6.83. The van der Waals surface area contributed by atoms with Crippen LogP contribution in [0.2, 0.25) is 0 Å². The Labute approximate surface area is 99.3 Å². The van der Waals surface area contributed by atoms with Gasteiger partial charge in [0.25, 0.3) is 0 Å². The van der Waals surface area contributed by atoms with Crippen LogP contribution in [0.3, 0.4) is 0 Å². The van der Waals surface area contributed by atoms with E-state index >= 15 is 0 Å². The number of nitrogens with two attached hydrogens (primary N) is 1. The molecule has 3 unspecified atom stereocenters. The molecule has 1 saturated carbocycles. The van der Waals surface area contributed by atoms with Crippen molar-refractivity contribution in [3.8, 4) is 0 Å². The molecule has 0 aromatic carbocycles. The van der Waals surface area contributed by atoms with E-state index in [0.29, 0.717) is 12.1 Å². The van der Waals surface area contributed by atoms with Crippen LogP contribution >= 0.6 is 0 Å². The van der Waals surface area contributed by atoms with Crippen molar-refractivity contribution in [3.63, 3.8) is 0 Å². The topological polar surface area (TPSA) is 38.5 Å². The molecule has 1 aliphatic heterocycles. The standard InChI is InChI=1S/C13H26N2O/c1-16-13-7-4-6-11(9-13)15-8-3-2-5-12(15)10-14/h11-13H,2-10,14H2,1H3. The van der Waals surface area contributed by atoms with Crippen LogP contribution < -0.4 is 5.73 Å². The third-order valence-corrected chi connectivity index (χ3v) is 4.35. The van der Waals surface area contributed by atoms with E-state index in [1.807, 2.05) is 7.11 Å². The van der Waals surface area contributed by atoms with Gasteiger partial charge in [-0.2, -0.15) is 0 Å². The van der Waals surface area contributed by atoms with Crippen molar-refractivity contribution in [3.05, 3.63) is 0 Å². The molecule has 3 atom stereocenters. The SMILES string of the molecule is COC1CCCC(N2CCCCC2CN)C1. The molecule has 16 heavy (non-hydrogen) atoms. The average Bonchev–Trinajstić information content (AvgIpc) is 2.38. The number of ether oxygens (including phenoxy) is 1. The second-order valence-electron chi connectivity index (χ2n) is 5.30. The molecule has 3 heteroatoms. The zero-order chi connectivity index (χ0) is 11.4. The first kappa shape index (κ1) is 12.3. The minimum absolute atomic E-state index is 0.485. The fraction of sp³-hybridized carbons (Fsp3) is 1.00. The van der Waals surface area contributed by atoms with Gasteiger partial charge in [0, 0.05) is 25.7 Å². The van der Waals surface area contributed by atoms with E-state index in [1.54, 1.807) is 0 Å². The zero-order valence-corrected chi connectivity index (χ0v) is 10.5. The molecule has 0 radical (unpaired) electrons. The van der Waals surface area contributed by atoms with Gasteiger partial charge in [-0.3, -0.25) is 4.90 Å². The Morgan fingerprint density at radius 1 is 1.19 bits per heavy atom. The van der Waals surface area contributed by atoms with E-state index in [-0.39, 0.29) is 0 Å². The summed E-state index contributed by atoms with van der Waals surface area (Å²) in [7, 11) is 1.85. The van der Waals surface area contributed by atoms with E-state index in [0.717, 1.165) is 12.6 Å². The van der Waals surface area contributed by atoms with Gasteiger partial charge in [-0.05, 0) is 45.1 Å². The predicted octanol–water partition coefficient (Wildman–Crippen LogP) is 1.76. The molecule has 2 rings (SSSR count). The maximum atomic E-state index is 5.89. The molecule has 2 aliphatic rings. The van der Waals surface area contributed by atoms with Gasteiger partial charge in [-0.25, -0.2) is 0 Å². The lowest BCUT2D eigenvalue weighted by Crippen LogP contribution is -2.51. The van der Waals surface area contributed by atoms with Gasteiger partial charge in [0.1, 0.15) is 0 Å². The second-order valence-corrected chi connectivity index (χ2v) is 5.30. The van der Waals surface area contributed by atoms with Gasteiger partial charge >= 0.3 is 0 Å². The normalized spacial score (nSPS) is 37.5. The van der Waals surface area contributed by atoms with Crippen LogP contribution in [-0.2, 0) is 4.74 Å². The summed E-state index contributed by atoms with van der Waals surface area (Å²) in [6, 6.07) is 1.36. The fourth-order valence-corrected chi connectivity index (χ4v) is 3.39. The molecule has 2 fully saturated rings. The van der Waals surface area contributed by atoms with E-state index in [9.17, 15) is 0 Å². The lowest BCUT2D eigenvalue weighted by Gasteiger charge is -2.43. The van der Waals surface area contributed by atoms with Crippen LogP contribution in [0.25, 0.3) is 0 Å². The molecular weight excluding hydrogens is 200 g/mol. The highest BCUT2D eigenvalue weighted by Crippen LogP contribution is 2.29. The van der Waals surface area contributed by atoms with Crippen molar-refractivity contribution in [1.82, 2.24) is 4.90 Å². The van der Waals surface area contributed by atoms with Crippen molar-refractivity contribution < 1.29 is 4.74 Å². The summed E-state index contributed by atoms with van der Waals surface area (Å²) < 4.78 is 5.52. The molecule has 1 saturated heterocycles. The van der Waals surface area contributed by atoms with Crippen LogP contribution in [0.15, 0.2) is 0 Å². The quantitative estimate of drug-likeness (QED) is 0.797. The highest BCUT2D eigenvalue weighted by molar-refractivity contribution is 4.87. The Morgan fingerprint density at radius 3 is 2.81 bits per heavy atom. The number of piperidine rings is 1. The smallest absolute Gasteiger partial charge is 0.0586 e. The highest BCUT2D eigenvalue weighted by Gasteiger charge is 2.31. The molecule has 3 nitrogen and oxygen atoms in total. The summed E-state index contributed by atoms with van der Waals surface area (Å²) >= 11 is 0. The number of hydrogen-bond acceptors (Lipinski definition) is 3. The Bertz CT molecular complexity index is 210. The first-order chi connectivity index (χ1) is 7.85. The number of likely N-dealkylation sites (tertiary alicyclic amines) is 1. The molecule has 94 valence electrons. The van der Waals surface area contributed by atoms with Crippen molar-refractivity contribution in [2.45, 2.75) is 63.1 Å². The summed E-state index contributed by atoms with van der Waals surface area (Å²) in [4.78, 5) is 2.68. The van der Waals surface area contributed by atoms with Crippen molar-refractivity contribution in [1.29, 1.82) is 0 Å². The summed E-state index contributed by atoms with van der Waals surface area (Å²) in [6.45, 7) is 2.08. The van der Waals surface area contributed by atoms with Gasteiger partial charge < -0.3 is 10.5 Å². The van der Waals surface area contributed by atoms with Crippen LogP contribution in [0.5, 0.6) is 0 Å². The summed E-state index contributed by atoms with van der Waals surface area (Å²) in [5, 5.41) is 0. The molecule has 1 aliphatic carbocycles. The van der Waals surface area contributed by atoms with E-state index in [1.165, 1.54) is 51.5 Å². The average molecular weight is 226 g/mol. The summed E-state index contributed by atoms with van der Waals surface area (Å²) in [5.74, 6) is 0. The van der Waals surface area contributed by atoms with E-state index in [2.05, 4.69) is 4.90 Å². The molecule has 1 heterocycles. The maximum absolute atomic E-state index is 5.89. The molecule has 2 N–H and O–H groups in total. The third kappa shape index (κ3) is 2.76. The summed E-state index contributed by atoms with van der Waals surface area (Å²) in [6.07, 6.45) is 9.61. The zero-order valence-electron chi connectivity index (χ0n) is 10.5. The minimum atomic E-state index is 0.485. The van der Waals surface area contributed by atoms with Crippen LogP contribution in [0.4, 0.5) is 0 Å². The molecule has 0 aromatic rings. The predicted molar refractivity (Wildman–Crippen MR) is 66.5 cm³/mol. The molecule has 0 bridgehead atoms. The minimum Gasteiger partial charge on any atom is -0.381 e. The van der Waals surface area contributed by atoms with E-state index < -0.39 is 0 Å². The molecular formula is C13H26N2O. The van der Waals surface area contributed by atoms with Gasteiger partial charge in [0.15, 0.2) is 0 Å². The monoisotopic (exact) mass is 226 g/mol. The number of rotatable bonds is 3. The Kier molecular flexibility index (Phi) is 4.62. The lowest BCUT2D eigenvalue weighted by molar-refractivity contribution is 0.00559. The van der Waals surface area contributed by atoms with Gasteiger partial charge in [-0.1, -0.05) is 6.42 Å². The van der Waals surface area contributed by atoms with Crippen LogP contribution in [0, 0.1) is 0 Å². The first-order valence-electron chi connectivity index (χ1n) is 6.83. The van der Waals surface area contributed by atoms with Crippen molar-refractivity contribution in [2.75, 3.05) is 20.2 Å². The second kappa shape index (κ2) is 5.99.